The van der Waals surface area contributed by atoms with Gasteiger partial charge in [0.15, 0.2) is 0 Å². The summed E-state index contributed by atoms with van der Waals surface area (Å²) in [5.74, 6) is 3.12. The predicted octanol–water partition coefficient (Wildman–Crippen LogP) is 5.03. The van der Waals surface area contributed by atoms with E-state index < -0.39 is 0 Å². The molecule has 2 aliphatic carbocycles. The number of rotatable bonds is 8. The van der Waals surface area contributed by atoms with Crippen molar-refractivity contribution in [3.05, 3.63) is 141 Å². The molecule has 0 aliphatic heterocycles. The number of hydrogen-bond donors (Lipinski definition) is 0. The summed E-state index contributed by atoms with van der Waals surface area (Å²) in [6, 6.07) is 16.8. The first-order valence-electron chi connectivity index (χ1n) is 12.6. The molecule has 2 heterocycles. The molecule has 202 valence electrons. The van der Waals surface area contributed by atoms with E-state index in [1.807, 2.05) is 119 Å². The number of hydrogen-bond acceptors (Lipinski definition) is 5. The van der Waals surface area contributed by atoms with E-state index in [1.54, 1.807) is 23.3 Å². The van der Waals surface area contributed by atoms with Crippen molar-refractivity contribution >= 4 is 5.52 Å². The third kappa shape index (κ3) is 7.10. The maximum atomic E-state index is 13.6. The molecule has 2 saturated carbocycles. The number of ether oxygens (including phenoxy) is 3. The minimum Gasteiger partial charge on any atom is -0.497 e. The fraction of sp³-hybridized carbons (Fsp3) is 0.125. The number of fused-ring (bicyclic) bond motifs is 1. The van der Waals surface area contributed by atoms with E-state index in [2.05, 4.69) is 5.10 Å². The molecule has 0 N–H and O–H groups in total. The van der Waals surface area contributed by atoms with Gasteiger partial charge in [-0.2, -0.15) is 5.10 Å². The van der Waals surface area contributed by atoms with Crippen molar-refractivity contribution in [1.29, 1.82) is 0 Å². The van der Waals surface area contributed by atoms with Gasteiger partial charge in [0.2, 0.25) is 0 Å². The van der Waals surface area contributed by atoms with E-state index in [9.17, 15) is 4.79 Å². The molecule has 0 spiro atoms. The van der Waals surface area contributed by atoms with Crippen LogP contribution in [0.4, 0.5) is 0 Å². The average Bonchev–Trinajstić information content (AvgIpc) is 3.78. The molecule has 0 amide bonds. The van der Waals surface area contributed by atoms with Gasteiger partial charge in [-0.15, -0.1) is 0 Å². The fourth-order valence-electron chi connectivity index (χ4n) is 4.25. The molecule has 2 aliphatic rings. The van der Waals surface area contributed by atoms with Crippen LogP contribution in [0.1, 0.15) is 5.69 Å². The van der Waals surface area contributed by atoms with E-state index in [4.69, 9.17) is 14.2 Å². The van der Waals surface area contributed by atoms with E-state index in [-0.39, 0.29) is 22.6 Å². The Bertz CT molecular complexity index is 1410. The Morgan fingerprint density at radius 2 is 1.43 bits per heavy atom. The van der Waals surface area contributed by atoms with Crippen LogP contribution < -0.4 is 19.8 Å². The zero-order chi connectivity index (χ0) is 27.0. The predicted molar refractivity (Wildman–Crippen MR) is 151 cm³/mol. The Morgan fingerprint density at radius 3 is 2.08 bits per heavy atom. The second-order valence-electron chi connectivity index (χ2n) is 8.72. The van der Waals surface area contributed by atoms with Crippen LogP contribution in [0.15, 0.2) is 65.6 Å². The van der Waals surface area contributed by atoms with Gasteiger partial charge in [0, 0.05) is 17.5 Å². The van der Waals surface area contributed by atoms with Gasteiger partial charge in [-0.1, -0.05) is 6.07 Å². The molecule has 2 aromatic carbocycles. The first-order valence-corrected chi connectivity index (χ1v) is 12.6. The monoisotopic (exact) mass is 575 g/mol. The second kappa shape index (κ2) is 14.4. The molecule has 8 heteroatoms. The minimum absolute atomic E-state index is 0. The normalized spacial score (nSPS) is 14.8. The summed E-state index contributed by atoms with van der Waals surface area (Å²) >= 11 is 0. The number of aromatic nitrogens is 3. The molecule has 6 rings (SSSR count). The smallest absolute Gasteiger partial charge is 0.497 e. The Kier molecular flexibility index (Phi) is 10.7. The van der Waals surface area contributed by atoms with Crippen LogP contribution in [0.5, 0.6) is 17.2 Å². The summed E-state index contributed by atoms with van der Waals surface area (Å²) in [6.07, 6.45) is 19.8. The van der Waals surface area contributed by atoms with Crippen molar-refractivity contribution in [3.8, 4) is 28.5 Å². The third-order valence-corrected chi connectivity index (χ3v) is 6.26. The maximum absolute atomic E-state index is 13.6. The molecular weight excluding hydrogens is 546 g/mol. The Labute approximate surface area is 246 Å². The van der Waals surface area contributed by atoms with Crippen LogP contribution in [0, 0.1) is 63.7 Å². The molecule has 2 fully saturated rings. The maximum Gasteiger partial charge on any atom is 2.00 e. The SMILES string of the molecule is COc1ccc(-c2cn3nc([C]4[CH][CH][CH][CH]4)cc3c(=O)n2CCOc2cccc(OC)c2)cc1.[CH]1[CH][CH][CH][CH]1.[Fe+2]. The van der Waals surface area contributed by atoms with Crippen molar-refractivity contribution in [3.63, 3.8) is 0 Å². The molecule has 7 nitrogen and oxygen atoms in total. The van der Waals surface area contributed by atoms with E-state index in [0.29, 0.717) is 30.2 Å². The Hall–Kier alpha value is -3.22. The minimum atomic E-state index is -0.132. The van der Waals surface area contributed by atoms with Gasteiger partial charge in [0.1, 0.15) is 29.4 Å². The molecule has 0 atom stereocenters. The van der Waals surface area contributed by atoms with Gasteiger partial charge in [0.25, 0.3) is 5.56 Å². The van der Waals surface area contributed by atoms with Crippen LogP contribution >= 0.6 is 0 Å². The number of nitrogens with zero attached hydrogens (tertiary/aromatic N) is 3. The molecule has 0 unspecified atom stereocenters. The summed E-state index contributed by atoms with van der Waals surface area (Å²) < 4.78 is 19.9. The van der Waals surface area contributed by atoms with Gasteiger partial charge >= 0.3 is 17.1 Å². The first kappa shape index (κ1) is 29.8. The molecule has 2 aromatic heterocycles. The Morgan fingerprint density at radius 1 is 0.775 bits per heavy atom. The van der Waals surface area contributed by atoms with Crippen LogP contribution in [-0.2, 0) is 23.6 Å². The summed E-state index contributed by atoms with van der Waals surface area (Å²) in [7, 11) is 3.24. The van der Waals surface area contributed by atoms with Gasteiger partial charge < -0.3 is 18.8 Å². The zero-order valence-electron chi connectivity index (χ0n) is 22.2. The van der Waals surface area contributed by atoms with Crippen molar-refractivity contribution in [1.82, 2.24) is 14.2 Å². The second-order valence-corrected chi connectivity index (χ2v) is 8.72. The van der Waals surface area contributed by atoms with Crippen LogP contribution in [-0.4, -0.2) is 35.0 Å². The van der Waals surface area contributed by atoms with Gasteiger partial charge in [-0.25, -0.2) is 4.52 Å². The zero-order valence-corrected chi connectivity index (χ0v) is 23.3. The van der Waals surface area contributed by atoms with E-state index in [0.717, 1.165) is 28.6 Å². The number of benzene rings is 2. The van der Waals surface area contributed by atoms with E-state index in [1.165, 1.54) is 0 Å². The topological polar surface area (TPSA) is 67.0 Å². The van der Waals surface area contributed by atoms with Crippen molar-refractivity contribution in [2.75, 3.05) is 20.8 Å². The quantitative estimate of drug-likeness (QED) is 0.276. The van der Waals surface area contributed by atoms with Crippen LogP contribution in [0.3, 0.4) is 0 Å². The average molecular weight is 575 g/mol. The molecule has 40 heavy (non-hydrogen) atoms. The van der Waals surface area contributed by atoms with Gasteiger partial charge in [-0.3, -0.25) is 4.79 Å². The van der Waals surface area contributed by atoms with Crippen molar-refractivity contribution in [2.45, 2.75) is 6.54 Å². The molecular formula is C32H29FeN3O4+2. The molecule has 0 bridgehead atoms. The molecule has 0 saturated heterocycles. The fourth-order valence-corrected chi connectivity index (χ4v) is 4.25. The summed E-state index contributed by atoms with van der Waals surface area (Å²) in [4.78, 5) is 13.6. The summed E-state index contributed by atoms with van der Waals surface area (Å²) in [5.41, 5.74) is 2.76. The van der Waals surface area contributed by atoms with Crippen LogP contribution in [0.25, 0.3) is 16.8 Å². The van der Waals surface area contributed by atoms with Crippen molar-refractivity contribution < 1.29 is 31.3 Å². The third-order valence-electron chi connectivity index (χ3n) is 6.26. The first-order chi connectivity index (χ1) is 19.2. The summed E-state index contributed by atoms with van der Waals surface area (Å²) in [6.45, 7) is 0.682. The largest absolute Gasteiger partial charge is 2.00 e. The standard InChI is InChI=1S/C27H24N3O4.C5H5.Fe/c1-32-21-12-10-20(11-13-21)26-18-30-25(17-24(28-30)19-6-3-4-7-19)27(31)29(26)14-15-34-23-9-5-8-22(16-23)33-2;1-2-4-5-3-1;/h3-13,16-18H,14-15H2,1-2H3;1-5H;/q;;+2. The molecule has 4 aromatic rings. The van der Waals surface area contributed by atoms with E-state index >= 15 is 0 Å². The summed E-state index contributed by atoms with van der Waals surface area (Å²) in [5, 5.41) is 4.66. The Balaban J connectivity index is 0.000000557. The number of methoxy groups -OCH3 is 2. The van der Waals surface area contributed by atoms with Gasteiger partial charge in [-0.05, 0) is 100 Å². The molecule has 10 radical (unpaired) electrons. The van der Waals surface area contributed by atoms with Gasteiger partial charge in [0.05, 0.1) is 38.3 Å². The van der Waals surface area contributed by atoms with Crippen LogP contribution in [0.2, 0.25) is 0 Å². The van der Waals surface area contributed by atoms with Crippen molar-refractivity contribution in [2.24, 2.45) is 0 Å².